The van der Waals surface area contributed by atoms with Crippen molar-refractivity contribution in [3.8, 4) is 0 Å². The van der Waals surface area contributed by atoms with Gasteiger partial charge in [-0.15, -0.1) is 0 Å². The normalized spacial score (nSPS) is 12.6. The largest absolute Gasteiger partial charge is 0.444 e. The number of hydrogen-bond acceptors (Lipinski definition) is 4. The standard InChI is InChI=1S/C21H27N5O3/c1-21(2,3)29-20(28)24-17(19(27)23-15-11-22-26(5)13-15)10-14-12-25(4)18-9-7-6-8-16(14)18/h6-9,11-13,17H,10H2,1-5H3,(H,23,27)(H,24,28)/t17-/m1/s1. The summed E-state index contributed by atoms with van der Waals surface area (Å²) in [5.41, 5.74) is 1.93. The molecule has 0 unspecified atom stereocenters. The third kappa shape index (κ3) is 5.16. The maximum absolute atomic E-state index is 12.9. The summed E-state index contributed by atoms with van der Waals surface area (Å²) < 4.78 is 8.95. The van der Waals surface area contributed by atoms with Gasteiger partial charge in [0.2, 0.25) is 5.91 Å². The molecule has 2 N–H and O–H groups in total. The van der Waals surface area contributed by atoms with E-state index in [1.807, 2.05) is 42.1 Å². The third-order valence-corrected chi connectivity index (χ3v) is 4.38. The molecule has 0 fully saturated rings. The lowest BCUT2D eigenvalue weighted by atomic mass is 10.0. The van der Waals surface area contributed by atoms with Gasteiger partial charge < -0.3 is 19.9 Å². The highest BCUT2D eigenvalue weighted by Crippen LogP contribution is 2.22. The topological polar surface area (TPSA) is 90.2 Å². The Hall–Kier alpha value is -3.29. The number of ether oxygens (including phenoxy) is 1. The van der Waals surface area contributed by atoms with Gasteiger partial charge in [-0.25, -0.2) is 4.79 Å². The Balaban J connectivity index is 1.84. The molecule has 0 saturated carbocycles. The number of fused-ring (bicyclic) bond motifs is 1. The van der Waals surface area contributed by atoms with Crippen LogP contribution in [0.15, 0.2) is 42.9 Å². The van der Waals surface area contributed by atoms with Crippen LogP contribution in [-0.2, 0) is 30.0 Å². The Kier molecular flexibility index (Phi) is 5.63. The first-order valence-corrected chi connectivity index (χ1v) is 9.44. The number of carbonyl (C=O) groups excluding carboxylic acids is 2. The predicted octanol–water partition coefficient (Wildman–Crippen LogP) is 2.99. The summed E-state index contributed by atoms with van der Waals surface area (Å²) in [6.45, 7) is 5.34. The quantitative estimate of drug-likeness (QED) is 0.693. The highest BCUT2D eigenvalue weighted by Gasteiger charge is 2.26. The van der Waals surface area contributed by atoms with Crippen LogP contribution in [0.1, 0.15) is 26.3 Å². The van der Waals surface area contributed by atoms with Crippen LogP contribution in [0, 0.1) is 0 Å². The van der Waals surface area contributed by atoms with Crippen molar-refractivity contribution in [3.63, 3.8) is 0 Å². The van der Waals surface area contributed by atoms with Crippen molar-refractivity contribution < 1.29 is 14.3 Å². The summed E-state index contributed by atoms with van der Waals surface area (Å²) in [4.78, 5) is 25.3. The third-order valence-electron chi connectivity index (χ3n) is 4.38. The number of amides is 2. The van der Waals surface area contributed by atoms with Crippen LogP contribution in [0.5, 0.6) is 0 Å². The predicted molar refractivity (Wildman–Crippen MR) is 112 cm³/mol. The molecule has 3 rings (SSSR count). The van der Waals surface area contributed by atoms with E-state index in [4.69, 9.17) is 4.74 Å². The number of nitrogens with zero attached hydrogens (tertiary/aromatic N) is 3. The van der Waals surface area contributed by atoms with Crippen LogP contribution >= 0.6 is 0 Å². The van der Waals surface area contributed by atoms with Crippen LogP contribution in [0.4, 0.5) is 10.5 Å². The second-order valence-electron chi connectivity index (χ2n) is 8.08. The number of benzene rings is 1. The SMILES string of the molecule is Cn1cc(NC(=O)[C@@H](Cc2cn(C)c3ccccc23)NC(=O)OC(C)(C)C)cn1. The van der Waals surface area contributed by atoms with Gasteiger partial charge in [0.15, 0.2) is 0 Å². The lowest BCUT2D eigenvalue weighted by Crippen LogP contribution is -2.47. The molecule has 0 aliphatic heterocycles. The highest BCUT2D eigenvalue weighted by molar-refractivity contribution is 5.97. The second kappa shape index (κ2) is 7.98. The summed E-state index contributed by atoms with van der Waals surface area (Å²) in [6.07, 6.45) is 4.92. The fraction of sp³-hybridized carbons (Fsp3) is 0.381. The summed E-state index contributed by atoms with van der Waals surface area (Å²) >= 11 is 0. The zero-order valence-electron chi connectivity index (χ0n) is 17.4. The number of nitrogens with one attached hydrogen (secondary N) is 2. The van der Waals surface area contributed by atoms with E-state index < -0.39 is 17.7 Å². The molecule has 0 spiro atoms. The number of para-hydroxylation sites is 1. The van der Waals surface area contributed by atoms with E-state index in [-0.39, 0.29) is 5.91 Å². The van der Waals surface area contributed by atoms with Crippen molar-refractivity contribution in [2.24, 2.45) is 14.1 Å². The summed E-state index contributed by atoms with van der Waals surface area (Å²) in [5, 5.41) is 10.6. The lowest BCUT2D eigenvalue weighted by Gasteiger charge is -2.23. The Labute approximate surface area is 169 Å². The summed E-state index contributed by atoms with van der Waals surface area (Å²) in [7, 11) is 3.72. The number of aromatic nitrogens is 3. The lowest BCUT2D eigenvalue weighted by molar-refractivity contribution is -0.118. The van der Waals surface area contributed by atoms with E-state index in [2.05, 4.69) is 15.7 Å². The number of aryl methyl sites for hydroxylation is 2. The molecule has 2 amide bonds. The van der Waals surface area contributed by atoms with Gasteiger partial charge in [0.1, 0.15) is 11.6 Å². The second-order valence-corrected chi connectivity index (χ2v) is 8.08. The van der Waals surface area contributed by atoms with E-state index in [9.17, 15) is 9.59 Å². The van der Waals surface area contributed by atoms with Crippen molar-refractivity contribution in [1.29, 1.82) is 0 Å². The van der Waals surface area contributed by atoms with Gasteiger partial charge in [-0.05, 0) is 32.4 Å². The number of rotatable bonds is 5. The maximum Gasteiger partial charge on any atom is 0.408 e. The molecular weight excluding hydrogens is 370 g/mol. The molecule has 2 aromatic heterocycles. The van der Waals surface area contributed by atoms with E-state index >= 15 is 0 Å². The molecule has 0 radical (unpaired) electrons. The molecule has 8 nitrogen and oxygen atoms in total. The van der Waals surface area contributed by atoms with Gasteiger partial charge in [0.25, 0.3) is 0 Å². The van der Waals surface area contributed by atoms with Gasteiger partial charge in [0.05, 0.1) is 11.9 Å². The van der Waals surface area contributed by atoms with Crippen LogP contribution in [0.3, 0.4) is 0 Å². The highest BCUT2D eigenvalue weighted by atomic mass is 16.6. The number of hydrogen-bond donors (Lipinski definition) is 2. The van der Waals surface area contributed by atoms with E-state index in [0.29, 0.717) is 12.1 Å². The van der Waals surface area contributed by atoms with Crippen molar-refractivity contribution in [1.82, 2.24) is 19.7 Å². The number of anilines is 1. The average molecular weight is 397 g/mol. The van der Waals surface area contributed by atoms with Gasteiger partial charge in [-0.2, -0.15) is 5.10 Å². The zero-order chi connectivity index (χ0) is 21.2. The molecule has 29 heavy (non-hydrogen) atoms. The molecule has 0 saturated heterocycles. The van der Waals surface area contributed by atoms with E-state index in [1.54, 1.807) is 44.9 Å². The minimum Gasteiger partial charge on any atom is -0.444 e. The van der Waals surface area contributed by atoms with Crippen LogP contribution in [0.2, 0.25) is 0 Å². The first-order valence-electron chi connectivity index (χ1n) is 9.44. The molecule has 0 aliphatic rings. The molecule has 3 aromatic rings. The Morgan fingerprint density at radius 2 is 1.90 bits per heavy atom. The Bertz CT molecular complexity index is 1030. The van der Waals surface area contributed by atoms with Crippen molar-refractivity contribution >= 4 is 28.6 Å². The van der Waals surface area contributed by atoms with Gasteiger partial charge in [0, 0.05) is 43.8 Å². The molecule has 8 heteroatoms. The molecule has 154 valence electrons. The Morgan fingerprint density at radius 1 is 1.17 bits per heavy atom. The zero-order valence-corrected chi connectivity index (χ0v) is 17.4. The fourth-order valence-corrected chi connectivity index (χ4v) is 3.18. The van der Waals surface area contributed by atoms with Gasteiger partial charge in [-0.1, -0.05) is 18.2 Å². The van der Waals surface area contributed by atoms with Crippen LogP contribution < -0.4 is 10.6 Å². The average Bonchev–Trinajstić information content (AvgIpc) is 3.16. The summed E-state index contributed by atoms with van der Waals surface area (Å²) in [6, 6.07) is 7.14. The first-order chi connectivity index (χ1) is 13.6. The van der Waals surface area contributed by atoms with E-state index in [1.165, 1.54) is 0 Å². The van der Waals surface area contributed by atoms with Crippen LogP contribution in [0.25, 0.3) is 10.9 Å². The number of carbonyl (C=O) groups is 2. The molecule has 2 heterocycles. The number of alkyl carbamates (subject to hydrolysis) is 1. The monoisotopic (exact) mass is 397 g/mol. The van der Waals surface area contributed by atoms with E-state index in [0.717, 1.165) is 16.5 Å². The van der Waals surface area contributed by atoms with Gasteiger partial charge >= 0.3 is 6.09 Å². The van der Waals surface area contributed by atoms with Crippen molar-refractivity contribution in [2.45, 2.75) is 38.8 Å². The van der Waals surface area contributed by atoms with Gasteiger partial charge in [-0.3, -0.25) is 9.48 Å². The first kappa shape index (κ1) is 20.4. The minimum absolute atomic E-state index is 0.326. The maximum atomic E-state index is 12.9. The smallest absolute Gasteiger partial charge is 0.408 e. The molecule has 0 aliphatic carbocycles. The minimum atomic E-state index is -0.809. The molecular formula is C21H27N5O3. The van der Waals surface area contributed by atoms with Crippen molar-refractivity contribution in [2.75, 3.05) is 5.32 Å². The Morgan fingerprint density at radius 3 is 2.55 bits per heavy atom. The molecule has 0 bridgehead atoms. The molecule has 1 atom stereocenters. The summed E-state index contributed by atoms with van der Waals surface area (Å²) in [5.74, 6) is -0.336. The van der Waals surface area contributed by atoms with Crippen molar-refractivity contribution in [3.05, 3.63) is 48.4 Å². The fourth-order valence-electron chi connectivity index (χ4n) is 3.18. The van der Waals surface area contributed by atoms with Crippen LogP contribution in [-0.4, -0.2) is 38.0 Å². The molecule has 1 aromatic carbocycles.